The molecular weight excluding hydrogens is 951 g/mol. The molecule has 4 heterocycles. The van der Waals surface area contributed by atoms with Gasteiger partial charge in [0.1, 0.15) is 57.9 Å². The molecule has 0 radical (unpaired) electrons. The van der Waals surface area contributed by atoms with Crippen molar-refractivity contribution in [2.45, 2.75) is 186 Å². The molecule has 2 amide bonds. The number of carbonyl (C=O) groups is 2. The number of amides is 2. The molecule has 4 aliphatic rings. The standard InChI is InChI=1S/C25H38N2O5S.C16H28N2O5S.C9H12O.CH3F.Na.H/c1-8-14-27(24(28)32-25(4,5)6)23-26-20-21(16(3)19(9-2)31-22(20)33-23)30-15-17-10-12-18(29-7)13-11-17;1-6-8-18(15(21)23-16(3,4)5)14-17-10-12(20)11(19)9(7-2)22-13(10)24-14;1-3-8-4-6-9(10-2)7-5-8;1-2;;/h10-13,16,19-22H,8-9,14-15H2,1-7H3;9-13,19-20H,6-8H2,1-5H3;4-7H,3H2,1-2H3;1H3;;/q;;;;+1;-1/t16-,19-,20-,21+,22-;9-,10-,11-,12-,13-;;;;/m11..../s1/i;;;1D;;. The van der Waals surface area contributed by atoms with Gasteiger partial charge in [-0.1, -0.05) is 89.3 Å². The Morgan fingerprint density at radius 2 is 1.14 bits per heavy atom. The van der Waals surface area contributed by atoms with Crippen LogP contribution in [0.3, 0.4) is 0 Å². The van der Waals surface area contributed by atoms with Gasteiger partial charge in [0.05, 0.1) is 47.7 Å². The van der Waals surface area contributed by atoms with Crippen LogP contribution in [0, 0.1) is 5.92 Å². The third-order valence-corrected chi connectivity index (χ3v) is 13.5. The molecule has 2 aromatic rings. The van der Waals surface area contributed by atoms with Crippen molar-refractivity contribution < 1.29 is 89.7 Å². The number of methoxy groups -OCH3 is 2. The molecule has 0 saturated carbocycles. The summed E-state index contributed by atoms with van der Waals surface area (Å²) in [6, 6.07) is 15.3. The zero-order valence-corrected chi connectivity index (χ0v) is 47.9. The van der Waals surface area contributed by atoms with Crippen LogP contribution in [0.2, 0.25) is 0 Å². The summed E-state index contributed by atoms with van der Waals surface area (Å²) in [5.74, 6) is 1.93. The molecule has 0 spiro atoms. The van der Waals surface area contributed by atoms with Crippen LogP contribution in [0.25, 0.3) is 0 Å². The van der Waals surface area contributed by atoms with E-state index in [0.29, 0.717) is 36.5 Å². The Bertz CT molecular complexity index is 1930. The summed E-state index contributed by atoms with van der Waals surface area (Å²) in [7, 11) is 2.34. The molecular formula is C51H82FN4NaO11S2. The van der Waals surface area contributed by atoms with Gasteiger partial charge in [0.2, 0.25) is 0 Å². The first-order valence-corrected chi connectivity index (χ1v) is 25.8. The minimum Gasteiger partial charge on any atom is -1.00 e. The Morgan fingerprint density at radius 3 is 1.54 bits per heavy atom. The van der Waals surface area contributed by atoms with Crippen molar-refractivity contribution >= 4 is 46.0 Å². The van der Waals surface area contributed by atoms with Gasteiger partial charge in [0, 0.05) is 19.0 Å². The van der Waals surface area contributed by atoms with E-state index in [9.17, 15) is 24.2 Å². The summed E-state index contributed by atoms with van der Waals surface area (Å²) in [6.07, 6.45) is 0.878. The van der Waals surface area contributed by atoms with Gasteiger partial charge >= 0.3 is 41.7 Å². The van der Waals surface area contributed by atoms with Crippen LogP contribution in [0.1, 0.15) is 123 Å². The summed E-state index contributed by atoms with van der Waals surface area (Å²) < 4.78 is 55.5. The van der Waals surface area contributed by atoms with Crippen LogP contribution in [0.5, 0.6) is 11.5 Å². The number of benzene rings is 2. The van der Waals surface area contributed by atoms with Gasteiger partial charge in [0.25, 0.3) is 0 Å². The maximum atomic E-state index is 12.9. The number of hydrogen-bond donors (Lipinski definition) is 2. The summed E-state index contributed by atoms with van der Waals surface area (Å²) in [6.45, 7) is 24.9. The topological polar surface area (TPSA) is 170 Å². The number of aliphatic imine (C=N–C) groups is 2. The number of aliphatic hydroxyl groups excluding tert-OH is 2. The molecule has 19 heteroatoms. The minimum atomic E-state index is -1.00. The number of rotatable bonds is 12. The average Bonchev–Trinajstić information content (AvgIpc) is 3.95. The predicted octanol–water partition coefficient (Wildman–Crippen LogP) is 7.39. The number of halogens is 1. The number of carbonyl (C=O) groups excluding carboxylic acids is 2. The molecule has 4 aliphatic heterocycles. The zero-order valence-electron chi connectivity index (χ0n) is 46.3. The molecule has 0 aromatic heterocycles. The molecule has 2 N–H and O–H groups in total. The number of fused-ring (bicyclic) bond motifs is 2. The first-order valence-electron chi connectivity index (χ1n) is 24.7. The van der Waals surface area contributed by atoms with E-state index in [4.69, 9.17) is 39.5 Å². The Balaban J connectivity index is 0.000000579. The molecule has 2 saturated heterocycles. The van der Waals surface area contributed by atoms with Gasteiger partial charge in [-0.3, -0.25) is 24.2 Å². The van der Waals surface area contributed by atoms with E-state index in [-0.39, 0.29) is 66.7 Å². The Morgan fingerprint density at radius 1 is 0.729 bits per heavy atom. The van der Waals surface area contributed by atoms with Gasteiger partial charge in [-0.15, -0.1) is 0 Å². The SMILES string of the molecule is CCCN(C(=O)OC(C)(C)C)C1=N[C@@H]2[C@@H](O)[C@H](O)[C@@H](CC)O[C@@H]2S1.CCCN(C(=O)OC(C)(C)C)C1=N[C@@H]2[C@@H](OCc3ccc(OC)cc3)[C@H](C)[C@@H](CC)O[C@@H]2S1.CCc1ccc(OC)cc1.[2H]CF.[H-].[Na+]. The van der Waals surface area contributed by atoms with Crippen LogP contribution in [-0.4, -0.2) is 142 Å². The van der Waals surface area contributed by atoms with Gasteiger partial charge < -0.3 is 44.8 Å². The number of hydrogen-bond acceptors (Lipinski definition) is 15. The van der Waals surface area contributed by atoms with Crippen molar-refractivity contribution in [3.05, 3.63) is 59.7 Å². The van der Waals surface area contributed by atoms with Crippen molar-refractivity contribution in [1.82, 2.24) is 9.80 Å². The molecule has 6 rings (SSSR count). The van der Waals surface area contributed by atoms with Crippen molar-refractivity contribution in [2.24, 2.45) is 15.9 Å². The van der Waals surface area contributed by atoms with Crippen LogP contribution in [0.15, 0.2) is 58.5 Å². The largest absolute Gasteiger partial charge is 1.00 e. The third kappa shape index (κ3) is 18.7. The van der Waals surface area contributed by atoms with Crippen LogP contribution in [-0.2, 0) is 36.7 Å². The number of thioether (sulfide) groups is 2. The fraction of sp³-hybridized carbons (Fsp3) is 0.686. The van der Waals surface area contributed by atoms with Gasteiger partial charge in [0.15, 0.2) is 10.3 Å². The second-order valence-electron chi connectivity index (χ2n) is 18.9. The number of aryl methyl sites for hydroxylation is 1. The van der Waals surface area contributed by atoms with E-state index < -0.39 is 54.2 Å². The van der Waals surface area contributed by atoms with Crippen LogP contribution in [0.4, 0.5) is 14.0 Å². The molecule has 2 aromatic carbocycles. The summed E-state index contributed by atoms with van der Waals surface area (Å²) in [5, 5.41) is 21.6. The number of aliphatic hydroxyl groups is 2. The van der Waals surface area contributed by atoms with Crippen molar-refractivity contribution in [2.75, 3.05) is 34.5 Å². The minimum absolute atomic E-state index is 0. The second kappa shape index (κ2) is 30.5. The van der Waals surface area contributed by atoms with Gasteiger partial charge in [-0.25, -0.2) is 9.59 Å². The molecule has 70 heavy (non-hydrogen) atoms. The monoisotopic (exact) mass is 1030 g/mol. The second-order valence-corrected chi connectivity index (χ2v) is 21.0. The molecule has 0 bridgehead atoms. The van der Waals surface area contributed by atoms with E-state index >= 15 is 0 Å². The number of alkyl halides is 1. The summed E-state index contributed by atoms with van der Waals surface area (Å²) in [4.78, 5) is 37.9. The maximum absolute atomic E-state index is 12.9. The zero-order chi connectivity index (χ0) is 52.3. The Kier molecular flexibility index (Phi) is 26.9. The van der Waals surface area contributed by atoms with Gasteiger partial charge in [-0.2, -0.15) is 0 Å². The summed E-state index contributed by atoms with van der Waals surface area (Å²) in [5.41, 5.74) is 0.686. The normalized spacial score (nSPS) is 25.6. The quantitative estimate of drug-likeness (QED) is 0.202. The fourth-order valence-corrected chi connectivity index (χ4v) is 10.1. The van der Waals surface area contributed by atoms with E-state index in [0.717, 1.165) is 42.7 Å². The number of nitrogens with zero attached hydrogens (tertiary/aromatic N) is 4. The Hall–Kier alpha value is -2.65. The van der Waals surface area contributed by atoms with Crippen LogP contribution >= 0.6 is 23.5 Å². The summed E-state index contributed by atoms with van der Waals surface area (Å²) >= 11 is 2.81. The van der Waals surface area contributed by atoms with E-state index in [2.05, 4.69) is 37.9 Å². The first kappa shape index (κ1) is 61.6. The van der Waals surface area contributed by atoms with Crippen molar-refractivity contribution in [3.8, 4) is 11.5 Å². The Labute approximate surface area is 450 Å². The average molecular weight is 1030 g/mol. The van der Waals surface area contributed by atoms with Crippen LogP contribution < -0.4 is 39.0 Å². The fourth-order valence-electron chi connectivity index (χ4n) is 7.67. The van der Waals surface area contributed by atoms with Crippen molar-refractivity contribution in [3.63, 3.8) is 0 Å². The molecule has 392 valence electrons. The number of amidine groups is 2. The smallest absolute Gasteiger partial charge is 1.00 e. The van der Waals surface area contributed by atoms with Crippen molar-refractivity contribution in [1.29, 1.82) is 0 Å². The molecule has 0 unspecified atom stereocenters. The molecule has 0 aliphatic carbocycles. The maximum Gasteiger partial charge on any atom is 1.00 e. The number of ether oxygens (including phenoxy) is 7. The third-order valence-electron chi connectivity index (χ3n) is 11.2. The van der Waals surface area contributed by atoms with E-state index in [1.165, 1.54) is 34.0 Å². The first-order chi connectivity index (χ1) is 33.1. The van der Waals surface area contributed by atoms with E-state index in [1.807, 2.05) is 98.7 Å². The molecule has 2 fully saturated rings. The molecule has 10 atom stereocenters. The molecule has 15 nitrogen and oxygen atoms in total. The van der Waals surface area contributed by atoms with Gasteiger partial charge in [-0.05, 0) is 109 Å². The predicted molar refractivity (Wildman–Crippen MR) is 275 cm³/mol. The van der Waals surface area contributed by atoms with E-state index in [1.54, 1.807) is 19.1 Å².